The highest BCUT2D eigenvalue weighted by Gasteiger charge is 2.56. The number of ether oxygens (including phenoxy) is 12. The van der Waals surface area contributed by atoms with Crippen molar-refractivity contribution in [2.24, 2.45) is 11.7 Å². The van der Waals surface area contributed by atoms with Crippen LogP contribution in [0.2, 0.25) is 0 Å². The Morgan fingerprint density at radius 1 is 0.739 bits per heavy atom. The number of amides is 10. The first-order chi connectivity index (χ1) is 53.1. The minimum absolute atomic E-state index is 0.00508. The third-order valence-electron chi connectivity index (χ3n) is 19.5. The van der Waals surface area contributed by atoms with Gasteiger partial charge < -0.3 is 114 Å². The summed E-state index contributed by atoms with van der Waals surface area (Å²) in [6.07, 6.45) is -5.40. The van der Waals surface area contributed by atoms with Crippen molar-refractivity contribution in [3.8, 4) is 17.2 Å². The number of hydrogen-bond donors (Lipinski definition) is 9. The predicted molar refractivity (Wildman–Crippen MR) is 385 cm³/mol. The van der Waals surface area contributed by atoms with E-state index >= 15 is 0 Å². The molecule has 3 aromatic rings. The molecule has 10 amide bonds. The van der Waals surface area contributed by atoms with E-state index < -0.39 is 168 Å². The normalized spacial score (nSPS) is 21.6. The minimum Gasteiger partial charge on any atom is -0.507 e. The lowest BCUT2D eigenvalue weighted by Gasteiger charge is -2.43. The summed E-state index contributed by atoms with van der Waals surface area (Å²) in [7, 11) is 5.56. The van der Waals surface area contributed by atoms with E-state index in [9.17, 15) is 72.9 Å². The van der Waals surface area contributed by atoms with Crippen LogP contribution in [-0.4, -0.2) is 294 Å². The van der Waals surface area contributed by atoms with Gasteiger partial charge in [-0.1, -0.05) is 38.1 Å². The Labute approximate surface area is 639 Å². The van der Waals surface area contributed by atoms with Crippen LogP contribution in [0.15, 0.2) is 54.6 Å². The van der Waals surface area contributed by atoms with Crippen LogP contribution in [0.4, 0.5) is 20.1 Å². The van der Waals surface area contributed by atoms with Gasteiger partial charge in [0.2, 0.25) is 35.2 Å². The Kier molecular flexibility index (Phi) is 30.6. The second-order valence-corrected chi connectivity index (χ2v) is 27.5. The maximum atomic E-state index is 14.4. The Morgan fingerprint density at radius 2 is 1.39 bits per heavy atom. The molecule has 111 heavy (non-hydrogen) atoms. The van der Waals surface area contributed by atoms with Gasteiger partial charge in [0.05, 0.1) is 95.5 Å². The van der Waals surface area contributed by atoms with Crippen molar-refractivity contribution in [2.45, 2.75) is 133 Å². The number of anilines is 1. The number of imide groups is 1. The SMILES string of the molecule is COc1cccc2c1C(=O)c1c(O)c3c(c(O)c1C2=O)C[C@@](O)(C(=O)COC(=O)N(C)CCN(C)C(=O)OCc1ccc(NC(=O)[C@H](CCCNC(N)=O)NC(=O)[C@@H](NC(=O)CCOCCOCCOCCOCCNC(=O)CCN2C(=O)C=CC2=O)C(C)C)cc1)C[C@@H]3O[C@H]1C[C@H]2[C@H](O[C@@H]3[C@@H](OC)OCCN32)[C@H](C)O1. The number of fused-ring (bicyclic) bond motifs is 6. The summed E-state index contributed by atoms with van der Waals surface area (Å²) < 4.78 is 68.9. The molecule has 3 aromatic carbocycles. The number of Topliss-reactive ketones (excluding diaryl/α,β-unsaturated/α-hetero) is 1. The second-order valence-electron chi connectivity index (χ2n) is 27.5. The van der Waals surface area contributed by atoms with E-state index in [4.69, 9.17) is 62.6 Å². The molecule has 3 fully saturated rings. The molecule has 10 atom stereocenters. The van der Waals surface area contributed by atoms with E-state index in [1.54, 1.807) is 45.0 Å². The Morgan fingerprint density at radius 3 is 2.04 bits per heavy atom. The van der Waals surface area contributed by atoms with Gasteiger partial charge in [0.25, 0.3) is 11.8 Å². The number of rotatable bonds is 40. The standard InChI is InChI=1S/C74H98N10O27/c1-41(2)61(80-53(87)20-27-102-30-32-104-34-35-105-33-31-103-28-22-76-52(86)19-23-84-54(88)17-18-55(84)89)68(95)79-47(11-9-21-77-71(75)96)67(94)78-44-15-13-43(14-16-44)39-107-72(97)81(4)24-25-82(5)73(98)108-40-51(85)74(99)37-46-58(65(93)60-59(63(46)91)62(90)45-10-8-12-49(100-6)57(45)64(60)92)50(38-74)110-56-36-48-66(42(3)109-56)111-69-70(101-7)106-29-26-83(48)69/h8,10,12-18,41-42,47-48,50,56,61,66,69-70,91,93,99H,9,11,19-40H2,1-7H3,(H,76,86)(H,78,94)(H,79,95)(H,80,87)(H3,75,77,96)/t42-,47-,48-,50-,56-,61-,66+,69+,70-,74-/m0/s1. The van der Waals surface area contributed by atoms with Gasteiger partial charge in [-0.2, -0.15) is 0 Å². The summed E-state index contributed by atoms with van der Waals surface area (Å²) >= 11 is 0. The number of aliphatic hydroxyl groups is 1. The van der Waals surface area contributed by atoms with Crippen molar-refractivity contribution in [1.82, 2.24) is 40.9 Å². The Hall–Kier alpha value is -9.80. The van der Waals surface area contributed by atoms with Crippen LogP contribution in [0.1, 0.15) is 114 Å². The number of nitrogens with two attached hydrogens (primary N) is 1. The molecule has 6 aliphatic rings. The molecule has 4 heterocycles. The molecule has 4 aliphatic heterocycles. The molecular weight excluding hydrogens is 1460 g/mol. The number of phenols is 2. The van der Waals surface area contributed by atoms with E-state index in [1.165, 1.54) is 51.4 Å². The van der Waals surface area contributed by atoms with Gasteiger partial charge in [-0.25, -0.2) is 14.4 Å². The van der Waals surface area contributed by atoms with Crippen LogP contribution in [-0.2, 0) is 98.7 Å². The van der Waals surface area contributed by atoms with E-state index in [2.05, 4.69) is 31.5 Å². The van der Waals surface area contributed by atoms with Crippen LogP contribution in [0.25, 0.3) is 0 Å². The van der Waals surface area contributed by atoms with Crippen molar-refractivity contribution in [3.05, 3.63) is 93.6 Å². The van der Waals surface area contributed by atoms with Gasteiger partial charge in [-0.15, -0.1) is 0 Å². The number of primary amides is 1. The zero-order valence-corrected chi connectivity index (χ0v) is 62.9. The second kappa shape index (κ2) is 39.9. The number of ketones is 3. The highest BCUT2D eigenvalue weighted by atomic mass is 16.7. The molecule has 10 N–H and O–H groups in total. The minimum atomic E-state index is -2.50. The zero-order chi connectivity index (χ0) is 80.2. The van der Waals surface area contributed by atoms with E-state index in [1.807, 2.05) is 0 Å². The number of carbonyl (C=O) groups excluding carboxylic acids is 12. The van der Waals surface area contributed by atoms with Crippen LogP contribution < -0.4 is 37.1 Å². The molecule has 9 rings (SSSR count). The Bertz CT molecular complexity index is 3900. The topological polar surface area (TPSA) is 475 Å². The maximum Gasteiger partial charge on any atom is 0.409 e. The van der Waals surface area contributed by atoms with Crippen LogP contribution in [0.5, 0.6) is 17.2 Å². The number of methoxy groups -OCH3 is 2. The summed E-state index contributed by atoms with van der Waals surface area (Å²) in [5.74, 6) is -7.58. The summed E-state index contributed by atoms with van der Waals surface area (Å²) in [6, 6.07) is 7.27. The zero-order valence-electron chi connectivity index (χ0n) is 62.9. The van der Waals surface area contributed by atoms with Crippen molar-refractivity contribution >= 4 is 76.7 Å². The molecule has 0 unspecified atom stereocenters. The highest BCUT2D eigenvalue weighted by molar-refractivity contribution is 6.31. The molecule has 3 saturated heterocycles. The average Bonchev–Trinajstić information content (AvgIpc) is 1.42. The first kappa shape index (κ1) is 85.2. The van der Waals surface area contributed by atoms with E-state index in [0.29, 0.717) is 24.4 Å². The number of benzene rings is 3. The number of phenolic OH excluding ortho intramolecular Hbond substituents is 2. The number of nitrogens with zero attached hydrogens (tertiary/aromatic N) is 4. The number of carbonyl (C=O) groups is 12. The fourth-order valence-corrected chi connectivity index (χ4v) is 13.5. The monoisotopic (exact) mass is 1560 g/mol. The fraction of sp³-hybridized carbons (Fsp3) is 0.568. The van der Waals surface area contributed by atoms with Crippen molar-refractivity contribution in [3.63, 3.8) is 0 Å². The van der Waals surface area contributed by atoms with Crippen molar-refractivity contribution in [1.29, 1.82) is 0 Å². The lowest BCUT2D eigenvalue weighted by Crippen LogP contribution is -2.55. The first-order valence-electron chi connectivity index (χ1n) is 36.5. The summed E-state index contributed by atoms with van der Waals surface area (Å²) in [4.78, 5) is 162. The van der Waals surface area contributed by atoms with E-state index in [0.717, 1.165) is 22.0 Å². The highest BCUT2D eigenvalue weighted by Crippen LogP contribution is 2.53. The summed E-state index contributed by atoms with van der Waals surface area (Å²) in [6.45, 7) is 6.64. The van der Waals surface area contributed by atoms with E-state index in [-0.39, 0.29) is 164 Å². The largest absolute Gasteiger partial charge is 0.507 e. The number of urea groups is 1. The lowest BCUT2D eigenvalue weighted by atomic mass is 9.72. The van der Waals surface area contributed by atoms with Crippen LogP contribution >= 0.6 is 0 Å². The van der Waals surface area contributed by atoms with Gasteiger partial charge in [-0.3, -0.25) is 53.0 Å². The van der Waals surface area contributed by atoms with Gasteiger partial charge in [-0.05, 0) is 49.4 Å². The first-order valence-corrected chi connectivity index (χ1v) is 36.5. The van der Waals surface area contributed by atoms with Gasteiger partial charge in [0, 0.05) is 133 Å². The molecule has 37 nitrogen and oxygen atoms in total. The van der Waals surface area contributed by atoms with Crippen LogP contribution in [0, 0.1) is 5.92 Å². The maximum absolute atomic E-state index is 14.4. The smallest absolute Gasteiger partial charge is 0.409 e. The molecule has 37 heteroatoms. The number of hydrogen-bond acceptors (Lipinski definition) is 28. The molecule has 0 spiro atoms. The third kappa shape index (κ3) is 21.9. The third-order valence-corrected chi connectivity index (χ3v) is 19.5. The summed E-state index contributed by atoms with van der Waals surface area (Å²) in [5, 5.41) is 50.1. The number of morpholine rings is 1. The molecule has 0 radical (unpaired) electrons. The molecular formula is C74H98N10O27. The Balaban J connectivity index is 0.697. The number of likely N-dealkylation sites (N-methyl/N-ethyl adjacent to an activating group) is 2. The quantitative estimate of drug-likeness (QED) is 0.0170. The molecule has 0 saturated carbocycles. The fourth-order valence-electron chi connectivity index (χ4n) is 13.5. The number of aromatic hydroxyl groups is 2. The molecule has 606 valence electrons. The predicted octanol–water partition coefficient (Wildman–Crippen LogP) is 0.956. The molecule has 2 aliphatic carbocycles. The van der Waals surface area contributed by atoms with Crippen molar-refractivity contribution < 1.29 is 130 Å². The van der Waals surface area contributed by atoms with Crippen molar-refractivity contribution in [2.75, 3.05) is 139 Å². The van der Waals surface area contributed by atoms with Gasteiger partial charge in [0.1, 0.15) is 47.6 Å². The van der Waals surface area contributed by atoms with Crippen LogP contribution in [0.3, 0.4) is 0 Å². The molecule has 0 bridgehead atoms. The lowest BCUT2D eigenvalue weighted by molar-refractivity contribution is -0.256. The average molecular weight is 1560 g/mol. The summed E-state index contributed by atoms with van der Waals surface area (Å²) in [5.41, 5.74) is 1.74. The molecule has 0 aromatic heterocycles. The number of nitrogens with one attached hydrogen (secondary N) is 5. The van der Waals surface area contributed by atoms with Gasteiger partial charge in [0.15, 0.2) is 31.2 Å². The van der Waals surface area contributed by atoms with Gasteiger partial charge >= 0.3 is 18.2 Å².